The van der Waals surface area contributed by atoms with E-state index in [1.807, 2.05) is 30.3 Å². The van der Waals surface area contributed by atoms with Gasteiger partial charge >= 0.3 is 0 Å². The highest BCUT2D eigenvalue weighted by Gasteiger charge is 2.14. The Kier molecular flexibility index (Phi) is 7.49. The molecule has 0 aliphatic carbocycles. The third-order valence-electron chi connectivity index (χ3n) is 5.99. The Hall–Kier alpha value is -3.67. The van der Waals surface area contributed by atoms with Gasteiger partial charge in [-0.1, -0.05) is 45.0 Å². The molecule has 0 unspecified atom stereocenters. The van der Waals surface area contributed by atoms with Gasteiger partial charge in [0.1, 0.15) is 17.4 Å². The summed E-state index contributed by atoms with van der Waals surface area (Å²) in [6.07, 6.45) is 1.42. The zero-order chi connectivity index (χ0) is 24.8. The molecule has 0 saturated heterocycles. The molecule has 5 nitrogen and oxygen atoms in total. The summed E-state index contributed by atoms with van der Waals surface area (Å²) in [6.45, 7) is 8.40. The molecular weight excluding hydrogens is 441 g/mol. The number of carbonyl (C=O) groups excluding carboxylic acids is 1. The lowest BCUT2D eigenvalue weighted by molar-refractivity contribution is 0.0954. The lowest BCUT2D eigenvalue weighted by atomic mass is 9.87. The van der Waals surface area contributed by atoms with Crippen molar-refractivity contribution in [3.63, 3.8) is 0 Å². The van der Waals surface area contributed by atoms with Crippen molar-refractivity contribution in [1.82, 2.24) is 14.9 Å². The van der Waals surface area contributed by atoms with Gasteiger partial charge in [0.2, 0.25) is 0 Å². The van der Waals surface area contributed by atoms with Crippen LogP contribution in [-0.2, 0) is 18.4 Å². The van der Waals surface area contributed by atoms with E-state index < -0.39 is 0 Å². The molecule has 1 aromatic heterocycles. The summed E-state index contributed by atoms with van der Waals surface area (Å²) in [5.74, 6) is 1.21. The molecule has 0 radical (unpaired) electrons. The Balaban J connectivity index is 1.35. The summed E-state index contributed by atoms with van der Waals surface area (Å²) in [7, 11) is 0. The number of hydrogen-bond donors (Lipinski definition) is 1. The number of fused-ring (bicyclic) bond motifs is 1. The number of amides is 1. The van der Waals surface area contributed by atoms with Gasteiger partial charge in [-0.05, 0) is 65.9 Å². The number of halogens is 1. The van der Waals surface area contributed by atoms with E-state index in [-0.39, 0.29) is 17.1 Å². The van der Waals surface area contributed by atoms with Crippen molar-refractivity contribution < 1.29 is 13.9 Å². The maximum Gasteiger partial charge on any atom is 0.251 e. The van der Waals surface area contributed by atoms with Gasteiger partial charge in [-0.3, -0.25) is 4.79 Å². The average molecular weight is 474 g/mol. The number of benzene rings is 3. The minimum atomic E-state index is -0.360. The predicted molar refractivity (Wildman–Crippen MR) is 137 cm³/mol. The molecule has 0 atom stereocenters. The molecule has 1 heterocycles. The van der Waals surface area contributed by atoms with Crippen molar-refractivity contribution in [3.05, 3.63) is 95.6 Å². The minimum absolute atomic E-state index is 0.121. The molecule has 6 heteroatoms. The number of aromatic nitrogens is 2. The van der Waals surface area contributed by atoms with Gasteiger partial charge in [0.15, 0.2) is 0 Å². The topological polar surface area (TPSA) is 56.1 Å². The zero-order valence-corrected chi connectivity index (χ0v) is 20.6. The fourth-order valence-corrected chi connectivity index (χ4v) is 4.02. The normalized spacial score (nSPS) is 11.5. The van der Waals surface area contributed by atoms with E-state index >= 15 is 0 Å². The van der Waals surface area contributed by atoms with Gasteiger partial charge in [-0.15, -0.1) is 0 Å². The maximum absolute atomic E-state index is 13.1. The lowest BCUT2D eigenvalue weighted by Crippen LogP contribution is -2.26. The molecule has 35 heavy (non-hydrogen) atoms. The molecule has 1 amide bonds. The molecule has 0 saturated carbocycles. The summed E-state index contributed by atoms with van der Waals surface area (Å²) in [6, 6.07) is 21.9. The minimum Gasteiger partial charge on any atom is -0.494 e. The van der Waals surface area contributed by atoms with E-state index in [9.17, 15) is 9.18 Å². The first-order chi connectivity index (χ1) is 16.8. The second kappa shape index (κ2) is 10.7. The van der Waals surface area contributed by atoms with E-state index in [2.05, 4.69) is 48.9 Å². The van der Waals surface area contributed by atoms with Crippen molar-refractivity contribution in [2.24, 2.45) is 0 Å². The summed E-state index contributed by atoms with van der Waals surface area (Å²) >= 11 is 0. The van der Waals surface area contributed by atoms with Crippen LogP contribution in [0.4, 0.5) is 4.39 Å². The van der Waals surface area contributed by atoms with Crippen molar-refractivity contribution >= 4 is 16.9 Å². The van der Waals surface area contributed by atoms with Crippen molar-refractivity contribution in [2.45, 2.75) is 45.6 Å². The number of imidazole rings is 1. The van der Waals surface area contributed by atoms with Crippen LogP contribution in [0, 0.1) is 5.82 Å². The van der Waals surface area contributed by atoms with E-state index in [4.69, 9.17) is 9.72 Å². The van der Waals surface area contributed by atoms with Crippen LogP contribution in [0.1, 0.15) is 48.9 Å². The second-order valence-corrected chi connectivity index (χ2v) is 9.66. The Morgan fingerprint density at radius 3 is 2.43 bits per heavy atom. The monoisotopic (exact) mass is 473 g/mol. The molecule has 0 bridgehead atoms. The summed E-state index contributed by atoms with van der Waals surface area (Å²) in [5.41, 5.74) is 3.85. The van der Waals surface area contributed by atoms with Crippen LogP contribution in [0.5, 0.6) is 5.75 Å². The maximum atomic E-state index is 13.1. The van der Waals surface area contributed by atoms with Crippen molar-refractivity contribution in [3.8, 4) is 5.75 Å². The highest BCUT2D eigenvalue weighted by molar-refractivity contribution is 5.94. The molecule has 1 N–H and O–H groups in total. The number of nitrogens with one attached hydrogen (secondary N) is 1. The Morgan fingerprint density at radius 1 is 1.00 bits per heavy atom. The molecule has 0 aliphatic rings. The number of ether oxygens (including phenoxy) is 1. The van der Waals surface area contributed by atoms with Gasteiger partial charge in [0.05, 0.1) is 17.6 Å². The number of carbonyl (C=O) groups is 1. The van der Waals surface area contributed by atoms with Crippen LogP contribution in [0.15, 0.2) is 72.8 Å². The third kappa shape index (κ3) is 6.27. The van der Waals surface area contributed by atoms with Crippen LogP contribution >= 0.6 is 0 Å². The van der Waals surface area contributed by atoms with Crippen LogP contribution in [0.25, 0.3) is 11.0 Å². The number of aryl methyl sites for hydroxylation is 1. The van der Waals surface area contributed by atoms with Crippen molar-refractivity contribution in [2.75, 3.05) is 13.2 Å². The standard InChI is InChI=1S/C29H32FN3O2/c1-29(2,3)22-11-15-24(16-12-22)35-20-6-19-33-26-8-5-4-7-25(26)32-27(33)17-18-31-28(34)21-9-13-23(30)14-10-21/h4-5,7-16H,6,17-20H2,1-3H3,(H,31,34). The van der Waals surface area contributed by atoms with Crippen LogP contribution in [0.2, 0.25) is 0 Å². The summed E-state index contributed by atoms with van der Waals surface area (Å²) in [5, 5.41) is 2.90. The lowest BCUT2D eigenvalue weighted by Gasteiger charge is -2.19. The van der Waals surface area contributed by atoms with Gasteiger partial charge < -0.3 is 14.6 Å². The summed E-state index contributed by atoms with van der Waals surface area (Å²) in [4.78, 5) is 17.1. The summed E-state index contributed by atoms with van der Waals surface area (Å²) < 4.78 is 21.3. The molecule has 0 spiro atoms. The van der Waals surface area contributed by atoms with Gasteiger partial charge in [-0.2, -0.15) is 0 Å². The molecule has 182 valence electrons. The van der Waals surface area contributed by atoms with Crippen LogP contribution in [-0.4, -0.2) is 28.6 Å². The van der Waals surface area contributed by atoms with Gasteiger partial charge in [0.25, 0.3) is 5.91 Å². The number of hydrogen-bond acceptors (Lipinski definition) is 3. The van der Waals surface area contributed by atoms with E-state index in [0.29, 0.717) is 25.1 Å². The molecule has 0 aliphatic heterocycles. The highest BCUT2D eigenvalue weighted by atomic mass is 19.1. The molecule has 4 aromatic rings. The largest absolute Gasteiger partial charge is 0.494 e. The smallest absolute Gasteiger partial charge is 0.251 e. The Labute approximate surface area is 206 Å². The van der Waals surface area contributed by atoms with Crippen molar-refractivity contribution in [1.29, 1.82) is 0 Å². The fraction of sp³-hybridized carbons (Fsp3) is 0.310. The van der Waals surface area contributed by atoms with E-state index in [1.54, 1.807) is 0 Å². The quantitative estimate of drug-likeness (QED) is 0.307. The fourth-order valence-electron chi connectivity index (χ4n) is 4.02. The van der Waals surface area contributed by atoms with Crippen LogP contribution in [0.3, 0.4) is 0 Å². The predicted octanol–water partition coefficient (Wildman–Crippen LogP) is 5.91. The van der Waals surface area contributed by atoms with Gasteiger partial charge in [0, 0.05) is 25.1 Å². The molecular formula is C29H32FN3O2. The first-order valence-corrected chi connectivity index (χ1v) is 12.0. The zero-order valence-electron chi connectivity index (χ0n) is 20.6. The third-order valence-corrected chi connectivity index (χ3v) is 5.99. The van der Waals surface area contributed by atoms with Crippen LogP contribution < -0.4 is 10.1 Å². The second-order valence-electron chi connectivity index (χ2n) is 9.66. The number of para-hydroxylation sites is 2. The Morgan fingerprint density at radius 2 is 1.71 bits per heavy atom. The first kappa shape index (κ1) is 24.5. The average Bonchev–Trinajstić information content (AvgIpc) is 3.19. The molecule has 4 rings (SSSR count). The number of rotatable bonds is 9. The van der Waals surface area contributed by atoms with E-state index in [1.165, 1.54) is 29.8 Å². The highest BCUT2D eigenvalue weighted by Crippen LogP contribution is 2.24. The Bertz CT molecular complexity index is 1270. The van der Waals surface area contributed by atoms with E-state index in [0.717, 1.165) is 35.6 Å². The molecule has 0 fully saturated rings. The van der Waals surface area contributed by atoms with Gasteiger partial charge in [-0.25, -0.2) is 9.37 Å². The SMILES string of the molecule is CC(C)(C)c1ccc(OCCCn2c(CCNC(=O)c3ccc(F)cc3)nc3ccccc32)cc1. The first-order valence-electron chi connectivity index (χ1n) is 12.0. The number of nitrogens with zero attached hydrogens (tertiary/aromatic N) is 2. The molecule has 3 aromatic carbocycles.